The molecular formula is C20H33Cl2N3O8P2. The lowest BCUT2D eigenvalue weighted by atomic mass is 10.0. The van der Waals surface area contributed by atoms with E-state index >= 15 is 0 Å². The second kappa shape index (κ2) is 12.7. The van der Waals surface area contributed by atoms with Crippen molar-refractivity contribution in [3.8, 4) is 0 Å². The number of nitrogens with zero attached hydrogens (tertiary/aromatic N) is 2. The molecule has 7 N–H and O–H groups in total. The predicted molar refractivity (Wildman–Crippen MR) is 135 cm³/mol. The van der Waals surface area contributed by atoms with Crippen molar-refractivity contribution in [3.63, 3.8) is 0 Å². The average molecular weight is 576 g/mol. The minimum Gasteiger partial charge on any atom is -0.369 e. The Kier molecular flexibility index (Phi) is 11.1. The highest BCUT2D eigenvalue weighted by molar-refractivity contribution is 7.72. The van der Waals surface area contributed by atoms with Crippen LogP contribution < -0.4 is 10.6 Å². The van der Waals surface area contributed by atoms with Gasteiger partial charge < -0.3 is 40.2 Å². The van der Waals surface area contributed by atoms with Gasteiger partial charge in [0.25, 0.3) is 5.08 Å². The fraction of sp³-hybridized carbons (Fsp3) is 0.650. The van der Waals surface area contributed by atoms with E-state index in [0.717, 1.165) is 11.3 Å². The van der Waals surface area contributed by atoms with Gasteiger partial charge in [0.2, 0.25) is 5.91 Å². The highest BCUT2D eigenvalue weighted by Crippen LogP contribution is 2.69. The summed E-state index contributed by atoms with van der Waals surface area (Å²) in [6, 6.07) is 6.08. The molecule has 1 aliphatic heterocycles. The quantitative estimate of drug-likeness (QED) is 0.149. The van der Waals surface area contributed by atoms with Crippen LogP contribution in [0, 0.1) is 0 Å². The van der Waals surface area contributed by atoms with Crippen LogP contribution in [0.1, 0.15) is 31.2 Å². The van der Waals surface area contributed by atoms with Crippen molar-refractivity contribution in [3.05, 3.63) is 29.8 Å². The second-order valence-corrected chi connectivity index (χ2v) is 13.3. The molecule has 1 aliphatic rings. The molecule has 1 amide bonds. The Morgan fingerprint density at radius 3 is 2.14 bits per heavy atom. The van der Waals surface area contributed by atoms with Crippen molar-refractivity contribution < 1.29 is 38.6 Å². The maximum Gasteiger partial charge on any atom is 0.369 e. The number of likely N-dealkylation sites (tertiary alicyclic amines) is 1. The number of alkyl halides is 2. The highest BCUT2D eigenvalue weighted by atomic mass is 35.5. The molecule has 1 heterocycles. The smallest absolute Gasteiger partial charge is 0.369 e. The number of rotatable bonds is 13. The third-order valence-corrected chi connectivity index (χ3v) is 10.4. The first kappa shape index (κ1) is 30.5. The minimum atomic E-state index is -5.55. The van der Waals surface area contributed by atoms with E-state index in [0.29, 0.717) is 44.2 Å². The van der Waals surface area contributed by atoms with Gasteiger partial charge in [0.15, 0.2) is 0 Å². The summed E-state index contributed by atoms with van der Waals surface area (Å²) in [6.07, 6.45) is 0.245. The largest absolute Gasteiger partial charge is 0.369 e. The molecule has 0 aromatic heterocycles. The van der Waals surface area contributed by atoms with Crippen LogP contribution in [0.2, 0.25) is 0 Å². The van der Waals surface area contributed by atoms with Crippen LogP contribution in [0.5, 0.6) is 0 Å². The first-order valence-corrected chi connectivity index (χ1v) is 15.4. The minimum absolute atomic E-state index is 0.198. The van der Waals surface area contributed by atoms with Crippen molar-refractivity contribution >= 4 is 50.0 Å². The van der Waals surface area contributed by atoms with Gasteiger partial charge in [-0.2, -0.15) is 0 Å². The van der Waals surface area contributed by atoms with E-state index in [1.54, 1.807) is 0 Å². The van der Waals surface area contributed by atoms with Crippen LogP contribution in [-0.2, 0) is 20.3 Å². The van der Waals surface area contributed by atoms with Crippen LogP contribution in [0.3, 0.4) is 0 Å². The number of nitrogens with two attached hydrogens (primary N) is 1. The fourth-order valence-electron chi connectivity index (χ4n) is 4.22. The Balaban J connectivity index is 2.04. The number of carbonyl (C=O) groups excluding carboxylic acids is 1. The number of amides is 1. The van der Waals surface area contributed by atoms with Gasteiger partial charge in [-0.05, 0) is 43.4 Å². The molecule has 0 saturated carbocycles. The van der Waals surface area contributed by atoms with Gasteiger partial charge in [0.1, 0.15) is 0 Å². The summed E-state index contributed by atoms with van der Waals surface area (Å²) >= 11 is 11.7. The Bertz CT molecular complexity index is 915. The zero-order valence-electron chi connectivity index (χ0n) is 19.1. The zero-order valence-corrected chi connectivity index (χ0v) is 22.4. The van der Waals surface area contributed by atoms with Gasteiger partial charge in [-0.1, -0.05) is 12.1 Å². The molecule has 35 heavy (non-hydrogen) atoms. The SMILES string of the molecule is N[C@@H](Cc1ccc(N(CCCl)CCCl)cc1)C(=O)N1CCCC1CCC(O)(P(=O)(O)O)P(=O)(O)O. The third-order valence-electron chi connectivity index (χ3n) is 6.19. The summed E-state index contributed by atoms with van der Waals surface area (Å²) < 4.78 is 23.2. The maximum atomic E-state index is 13.0. The molecule has 1 saturated heterocycles. The van der Waals surface area contributed by atoms with Crippen molar-refractivity contribution in [1.29, 1.82) is 0 Å². The van der Waals surface area contributed by atoms with E-state index in [2.05, 4.69) is 0 Å². The standard InChI is InChI=1S/C20H33Cl2N3O8P2/c21-9-12-24(13-10-22)16-5-3-15(4-6-16)14-18(23)19(26)25-11-1-2-17(25)7-8-20(27,34(28,29)30)35(31,32)33/h3-6,17-18,27H,1-2,7-14,23H2,(H2,28,29,30)(H2,31,32,33)/t17?,18-/m0/s1. The molecule has 0 radical (unpaired) electrons. The Morgan fingerprint density at radius 1 is 1.11 bits per heavy atom. The Morgan fingerprint density at radius 2 is 1.66 bits per heavy atom. The number of aliphatic hydroxyl groups is 1. The second-order valence-electron chi connectivity index (χ2n) is 8.57. The summed E-state index contributed by atoms with van der Waals surface area (Å²) in [5.74, 6) is 0.530. The normalized spacial score (nSPS) is 18.1. The van der Waals surface area contributed by atoms with Gasteiger partial charge in [-0.15, -0.1) is 23.2 Å². The lowest BCUT2D eigenvalue weighted by Crippen LogP contribution is -2.47. The molecule has 1 aromatic rings. The molecule has 0 bridgehead atoms. The predicted octanol–water partition coefficient (Wildman–Crippen LogP) is 1.61. The van der Waals surface area contributed by atoms with Crippen LogP contribution in [0.25, 0.3) is 0 Å². The van der Waals surface area contributed by atoms with Gasteiger partial charge in [-0.25, -0.2) is 0 Å². The van der Waals surface area contributed by atoms with Gasteiger partial charge in [-0.3, -0.25) is 13.9 Å². The van der Waals surface area contributed by atoms with Gasteiger partial charge in [0, 0.05) is 49.5 Å². The van der Waals surface area contributed by atoms with E-state index in [4.69, 9.17) is 28.9 Å². The maximum absolute atomic E-state index is 13.0. The summed E-state index contributed by atoms with van der Waals surface area (Å²) in [7, 11) is -11.1. The topological polar surface area (TPSA) is 185 Å². The van der Waals surface area contributed by atoms with Crippen LogP contribution in [-0.4, -0.2) is 84.0 Å². The zero-order chi connectivity index (χ0) is 26.4. The first-order valence-electron chi connectivity index (χ1n) is 11.1. The number of carbonyl (C=O) groups is 1. The molecule has 11 nitrogen and oxygen atoms in total. The number of benzene rings is 1. The molecule has 1 unspecified atom stereocenters. The monoisotopic (exact) mass is 575 g/mol. The Labute approximate surface area is 214 Å². The summed E-state index contributed by atoms with van der Waals surface area (Å²) in [5.41, 5.74) is 7.94. The Hall–Kier alpha value is -0.710. The van der Waals surface area contributed by atoms with Gasteiger partial charge in [0.05, 0.1) is 6.04 Å². The third kappa shape index (κ3) is 7.65. The summed E-state index contributed by atoms with van der Waals surface area (Å²) in [4.78, 5) is 53.9. The molecule has 2 atom stereocenters. The van der Waals surface area contributed by atoms with E-state index in [9.17, 15) is 38.6 Å². The fourth-order valence-corrected chi connectivity index (χ4v) is 6.82. The lowest BCUT2D eigenvalue weighted by molar-refractivity contribution is -0.133. The molecule has 0 aliphatic carbocycles. The average Bonchev–Trinajstić information content (AvgIpc) is 3.24. The van der Waals surface area contributed by atoms with Crippen molar-refractivity contribution in [2.24, 2.45) is 5.73 Å². The number of hydrogen-bond acceptors (Lipinski definition) is 6. The van der Waals surface area contributed by atoms with Crippen LogP contribution >= 0.6 is 38.4 Å². The van der Waals surface area contributed by atoms with E-state index in [1.165, 1.54) is 4.90 Å². The number of halogens is 2. The lowest BCUT2D eigenvalue weighted by Gasteiger charge is -2.32. The molecule has 0 spiro atoms. The van der Waals surface area contributed by atoms with E-state index in [-0.39, 0.29) is 18.7 Å². The molecule has 200 valence electrons. The molecular weight excluding hydrogens is 543 g/mol. The molecule has 15 heteroatoms. The molecule has 2 rings (SSSR count). The molecule has 1 fully saturated rings. The highest BCUT2D eigenvalue weighted by Gasteiger charge is 2.59. The van der Waals surface area contributed by atoms with E-state index in [1.807, 2.05) is 29.2 Å². The molecule has 1 aromatic carbocycles. The van der Waals surface area contributed by atoms with Gasteiger partial charge >= 0.3 is 15.2 Å². The van der Waals surface area contributed by atoms with Crippen molar-refractivity contribution in [2.45, 2.75) is 49.3 Å². The first-order chi connectivity index (χ1) is 16.2. The summed E-state index contributed by atoms with van der Waals surface area (Å²) in [5, 5.41) is 6.63. The van der Waals surface area contributed by atoms with Crippen LogP contribution in [0.4, 0.5) is 5.69 Å². The van der Waals surface area contributed by atoms with Crippen LogP contribution in [0.15, 0.2) is 24.3 Å². The number of anilines is 1. The number of hydrogen-bond donors (Lipinski definition) is 6. The van der Waals surface area contributed by atoms with Crippen molar-refractivity contribution in [2.75, 3.05) is 36.3 Å². The summed E-state index contributed by atoms with van der Waals surface area (Å²) in [6.45, 7) is 1.63. The van der Waals surface area contributed by atoms with E-state index < -0.39 is 38.8 Å². The van der Waals surface area contributed by atoms with Crippen molar-refractivity contribution in [1.82, 2.24) is 4.90 Å².